The fraction of sp³-hybridized carbons (Fsp3) is 1.00. The highest BCUT2D eigenvalue weighted by Crippen LogP contribution is 2.25. The fourth-order valence-electron chi connectivity index (χ4n) is 3.10. The van der Waals surface area contributed by atoms with Crippen molar-refractivity contribution in [2.75, 3.05) is 20.1 Å². The summed E-state index contributed by atoms with van der Waals surface area (Å²) in [4.78, 5) is 0. The van der Waals surface area contributed by atoms with E-state index in [4.69, 9.17) is 0 Å². The maximum atomic E-state index is 12.6. The molecule has 1 heterocycles. The van der Waals surface area contributed by atoms with Crippen molar-refractivity contribution < 1.29 is 13.5 Å². The van der Waals surface area contributed by atoms with Gasteiger partial charge in [0.05, 0.1) is 6.10 Å². The molecule has 19 heavy (non-hydrogen) atoms. The van der Waals surface area contributed by atoms with Gasteiger partial charge in [-0.2, -0.15) is 17.0 Å². The standard InChI is InChI=1S/C13H26N2O3S/c1-14(12-6-3-2-4-7-12)19(17,18)15-10-5-8-13(16)9-11-15/h12-13,16H,2-11H2,1H3. The first-order valence-electron chi connectivity index (χ1n) is 7.43. The molecule has 0 amide bonds. The van der Waals surface area contributed by atoms with Gasteiger partial charge in [0, 0.05) is 26.2 Å². The van der Waals surface area contributed by atoms with Gasteiger partial charge >= 0.3 is 0 Å². The van der Waals surface area contributed by atoms with Gasteiger partial charge in [0.15, 0.2) is 0 Å². The van der Waals surface area contributed by atoms with Crippen molar-refractivity contribution >= 4 is 10.2 Å². The second-order valence-electron chi connectivity index (χ2n) is 5.80. The number of hydrogen-bond acceptors (Lipinski definition) is 3. The molecule has 1 aliphatic heterocycles. The highest BCUT2D eigenvalue weighted by Gasteiger charge is 2.33. The third kappa shape index (κ3) is 3.68. The van der Waals surface area contributed by atoms with Gasteiger partial charge in [0.1, 0.15) is 0 Å². The van der Waals surface area contributed by atoms with E-state index in [0.717, 1.165) is 32.1 Å². The zero-order chi connectivity index (χ0) is 13.9. The molecule has 0 radical (unpaired) electrons. The van der Waals surface area contributed by atoms with Gasteiger partial charge in [-0.3, -0.25) is 0 Å². The van der Waals surface area contributed by atoms with Crippen LogP contribution in [-0.4, -0.2) is 54.4 Å². The van der Waals surface area contributed by atoms with Crippen molar-refractivity contribution in [2.45, 2.75) is 63.5 Å². The van der Waals surface area contributed by atoms with Crippen LogP contribution in [0.4, 0.5) is 0 Å². The lowest BCUT2D eigenvalue weighted by molar-refractivity contribution is 0.159. The number of nitrogens with zero attached hydrogens (tertiary/aromatic N) is 2. The van der Waals surface area contributed by atoms with E-state index in [1.807, 2.05) is 0 Å². The summed E-state index contributed by atoms with van der Waals surface area (Å²) < 4.78 is 28.4. The van der Waals surface area contributed by atoms with Gasteiger partial charge in [-0.25, -0.2) is 0 Å². The van der Waals surface area contributed by atoms with Gasteiger partial charge < -0.3 is 5.11 Å². The van der Waals surface area contributed by atoms with Gasteiger partial charge in [-0.1, -0.05) is 19.3 Å². The number of hydrogen-bond donors (Lipinski definition) is 1. The first-order chi connectivity index (χ1) is 9.01. The van der Waals surface area contributed by atoms with Crippen LogP contribution in [0, 0.1) is 0 Å². The maximum absolute atomic E-state index is 12.6. The predicted octanol–water partition coefficient (Wildman–Crippen LogP) is 1.34. The molecule has 2 rings (SSSR count). The molecular weight excluding hydrogens is 264 g/mol. The Morgan fingerprint density at radius 1 is 1.00 bits per heavy atom. The van der Waals surface area contributed by atoms with E-state index in [2.05, 4.69) is 0 Å². The lowest BCUT2D eigenvalue weighted by Crippen LogP contribution is -2.47. The van der Waals surface area contributed by atoms with E-state index in [1.165, 1.54) is 6.42 Å². The SMILES string of the molecule is CN(C1CCCCC1)S(=O)(=O)N1CCCC(O)CC1. The molecule has 1 saturated carbocycles. The number of aliphatic hydroxyl groups excluding tert-OH is 1. The smallest absolute Gasteiger partial charge is 0.281 e. The third-order valence-electron chi connectivity index (χ3n) is 4.44. The maximum Gasteiger partial charge on any atom is 0.281 e. The molecule has 1 aliphatic carbocycles. The van der Waals surface area contributed by atoms with E-state index in [0.29, 0.717) is 25.9 Å². The molecule has 0 bridgehead atoms. The minimum Gasteiger partial charge on any atom is -0.393 e. The molecule has 2 fully saturated rings. The molecule has 1 saturated heterocycles. The zero-order valence-corrected chi connectivity index (χ0v) is 12.6. The monoisotopic (exact) mass is 290 g/mol. The van der Waals surface area contributed by atoms with Crippen molar-refractivity contribution in [1.29, 1.82) is 0 Å². The first kappa shape index (κ1) is 15.2. The highest BCUT2D eigenvalue weighted by atomic mass is 32.2. The second kappa shape index (κ2) is 6.52. The molecule has 1 unspecified atom stereocenters. The van der Waals surface area contributed by atoms with Crippen LogP contribution in [-0.2, 0) is 10.2 Å². The minimum atomic E-state index is -3.35. The van der Waals surface area contributed by atoms with Crippen molar-refractivity contribution in [2.24, 2.45) is 0 Å². The summed E-state index contributed by atoms with van der Waals surface area (Å²) in [6.45, 7) is 0.983. The summed E-state index contributed by atoms with van der Waals surface area (Å²) in [7, 11) is -1.64. The summed E-state index contributed by atoms with van der Waals surface area (Å²) >= 11 is 0. The van der Waals surface area contributed by atoms with Crippen LogP contribution in [0.5, 0.6) is 0 Å². The van der Waals surface area contributed by atoms with Crippen molar-refractivity contribution in [3.8, 4) is 0 Å². The normalized spacial score (nSPS) is 28.5. The summed E-state index contributed by atoms with van der Waals surface area (Å²) in [6.07, 6.45) is 7.10. The molecule has 6 heteroatoms. The van der Waals surface area contributed by atoms with Crippen LogP contribution in [0.3, 0.4) is 0 Å². The van der Waals surface area contributed by atoms with Gasteiger partial charge in [0.2, 0.25) is 0 Å². The third-order valence-corrected chi connectivity index (χ3v) is 6.48. The summed E-state index contributed by atoms with van der Waals surface area (Å²) in [6, 6.07) is 0.159. The van der Waals surface area contributed by atoms with Gasteiger partial charge in [-0.15, -0.1) is 0 Å². The predicted molar refractivity (Wildman–Crippen MR) is 75.0 cm³/mol. The Kier molecular flexibility index (Phi) is 5.22. The van der Waals surface area contributed by atoms with Crippen LogP contribution in [0.2, 0.25) is 0 Å². The van der Waals surface area contributed by atoms with Crippen LogP contribution < -0.4 is 0 Å². The van der Waals surface area contributed by atoms with E-state index >= 15 is 0 Å². The van der Waals surface area contributed by atoms with E-state index in [-0.39, 0.29) is 12.1 Å². The van der Waals surface area contributed by atoms with Crippen LogP contribution in [0.15, 0.2) is 0 Å². The average Bonchev–Trinajstić information content (AvgIpc) is 2.64. The molecule has 0 spiro atoms. The Morgan fingerprint density at radius 3 is 2.37 bits per heavy atom. The lowest BCUT2D eigenvalue weighted by Gasteiger charge is -2.34. The Bertz CT molecular complexity index is 371. The average molecular weight is 290 g/mol. The van der Waals surface area contributed by atoms with E-state index in [1.54, 1.807) is 15.7 Å². The molecule has 0 aromatic rings. The lowest BCUT2D eigenvalue weighted by atomic mass is 9.96. The Balaban J connectivity index is 2.03. The summed E-state index contributed by atoms with van der Waals surface area (Å²) in [5.74, 6) is 0. The summed E-state index contributed by atoms with van der Waals surface area (Å²) in [5.41, 5.74) is 0. The number of aliphatic hydroxyl groups is 1. The minimum absolute atomic E-state index is 0.159. The molecule has 5 nitrogen and oxygen atoms in total. The molecule has 1 atom stereocenters. The van der Waals surface area contributed by atoms with Crippen molar-refractivity contribution in [1.82, 2.24) is 8.61 Å². The molecule has 0 aromatic heterocycles. The van der Waals surface area contributed by atoms with Crippen LogP contribution in [0.1, 0.15) is 51.4 Å². The Labute approximate surface area is 116 Å². The first-order valence-corrected chi connectivity index (χ1v) is 8.82. The fourth-order valence-corrected chi connectivity index (χ4v) is 4.75. The van der Waals surface area contributed by atoms with Crippen LogP contribution >= 0.6 is 0 Å². The number of rotatable bonds is 3. The van der Waals surface area contributed by atoms with Gasteiger partial charge in [-0.05, 0) is 32.1 Å². The Hall–Kier alpha value is -0.170. The highest BCUT2D eigenvalue weighted by molar-refractivity contribution is 7.86. The van der Waals surface area contributed by atoms with E-state index < -0.39 is 10.2 Å². The molecule has 0 aromatic carbocycles. The zero-order valence-electron chi connectivity index (χ0n) is 11.8. The van der Waals surface area contributed by atoms with Crippen molar-refractivity contribution in [3.05, 3.63) is 0 Å². The molecule has 2 aliphatic rings. The second-order valence-corrected chi connectivity index (χ2v) is 7.79. The van der Waals surface area contributed by atoms with Crippen molar-refractivity contribution in [3.63, 3.8) is 0 Å². The molecular formula is C13H26N2O3S. The topological polar surface area (TPSA) is 60.9 Å². The largest absolute Gasteiger partial charge is 0.393 e. The van der Waals surface area contributed by atoms with Crippen LogP contribution in [0.25, 0.3) is 0 Å². The van der Waals surface area contributed by atoms with Gasteiger partial charge in [0.25, 0.3) is 10.2 Å². The quantitative estimate of drug-likeness (QED) is 0.853. The Morgan fingerprint density at radius 2 is 1.68 bits per heavy atom. The molecule has 112 valence electrons. The summed E-state index contributed by atoms with van der Waals surface area (Å²) in [5, 5.41) is 9.62. The van der Waals surface area contributed by atoms with E-state index in [9.17, 15) is 13.5 Å². The molecule has 1 N–H and O–H groups in total.